The van der Waals surface area contributed by atoms with E-state index in [2.05, 4.69) is 6.58 Å². The molecular weight excluding hydrogens is 132 g/mol. The van der Waals surface area contributed by atoms with Crippen molar-refractivity contribution in [3.05, 3.63) is 12.2 Å². The Hall–Kier alpha value is -1.32. The van der Waals surface area contributed by atoms with Gasteiger partial charge in [-0.05, 0) is 6.92 Å². The van der Waals surface area contributed by atoms with Crippen LogP contribution in [0.1, 0.15) is 6.92 Å². The van der Waals surface area contributed by atoms with Gasteiger partial charge in [-0.15, -0.1) is 0 Å². The average Bonchev–Trinajstić information content (AvgIpc) is 1.84. The molecule has 0 radical (unpaired) electrons. The van der Waals surface area contributed by atoms with Crippen molar-refractivity contribution in [1.82, 2.24) is 0 Å². The molecule has 0 heterocycles. The Balaban J connectivity index is 4.22. The van der Waals surface area contributed by atoms with Gasteiger partial charge in [-0.25, -0.2) is 0 Å². The lowest BCUT2D eigenvalue weighted by molar-refractivity contribution is -0.122. The third-order valence-electron chi connectivity index (χ3n) is 1.27. The summed E-state index contributed by atoms with van der Waals surface area (Å²) in [6.07, 6.45) is 0. The number of hydrogen-bond donors (Lipinski definition) is 2. The van der Waals surface area contributed by atoms with Gasteiger partial charge in [0.2, 0.25) is 11.8 Å². The number of primary amides is 2. The molecule has 0 fully saturated rings. The Morgan fingerprint density at radius 2 is 1.80 bits per heavy atom. The molecule has 0 aromatic heterocycles. The van der Waals surface area contributed by atoms with Crippen LogP contribution in [0.25, 0.3) is 0 Å². The maximum absolute atomic E-state index is 10.4. The van der Waals surface area contributed by atoms with E-state index >= 15 is 0 Å². The molecule has 0 aromatic carbocycles. The van der Waals surface area contributed by atoms with Crippen LogP contribution in [-0.4, -0.2) is 11.8 Å². The van der Waals surface area contributed by atoms with Gasteiger partial charge < -0.3 is 11.5 Å². The van der Waals surface area contributed by atoms with Gasteiger partial charge in [0, 0.05) is 5.57 Å². The van der Waals surface area contributed by atoms with Crippen molar-refractivity contribution < 1.29 is 9.59 Å². The molecule has 4 N–H and O–H groups in total. The van der Waals surface area contributed by atoms with E-state index in [9.17, 15) is 9.59 Å². The van der Waals surface area contributed by atoms with Gasteiger partial charge in [0.05, 0.1) is 5.92 Å². The van der Waals surface area contributed by atoms with Crippen molar-refractivity contribution in [1.29, 1.82) is 0 Å². The summed E-state index contributed by atoms with van der Waals surface area (Å²) in [6, 6.07) is 0. The zero-order valence-electron chi connectivity index (χ0n) is 5.76. The highest BCUT2D eigenvalue weighted by molar-refractivity contribution is 5.97. The van der Waals surface area contributed by atoms with Crippen LogP contribution in [-0.2, 0) is 9.59 Å². The fourth-order valence-electron chi connectivity index (χ4n) is 0.385. The first-order valence-electron chi connectivity index (χ1n) is 2.74. The lowest BCUT2D eigenvalue weighted by atomic mass is 10.0. The number of hydrogen-bond acceptors (Lipinski definition) is 2. The normalized spacial score (nSPS) is 12.1. The van der Waals surface area contributed by atoms with Gasteiger partial charge in [-0.2, -0.15) is 0 Å². The number of rotatable bonds is 3. The quantitative estimate of drug-likeness (QED) is 0.503. The van der Waals surface area contributed by atoms with Crippen molar-refractivity contribution in [2.75, 3.05) is 0 Å². The first kappa shape index (κ1) is 8.68. The predicted octanol–water partition coefficient (Wildman–Crippen LogP) is -0.851. The molecule has 1 atom stereocenters. The van der Waals surface area contributed by atoms with Crippen molar-refractivity contribution in [2.24, 2.45) is 17.4 Å². The second-order valence-corrected chi connectivity index (χ2v) is 2.01. The van der Waals surface area contributed by atoms with Crippen molar-refractivity contribution in [2.45, 2.75) is 6.92 Å². The minimum atomic E-state index is -0.689. The molecule has 10 heavy (non-hydrogen) atoms. The van der Waals surface area contributed by atoms with Gasteiger partial charge >= 0.3 is 0 Å². The summed E-state index contributed by atoms with van der Waals surface area (Å²) in [7, 11) is 0. The molecule has 0 aliphatic rings. The Bertz CT molecular complexity index is 186. The molecule has 56 valence electrons. The van der Waals surface area contributed by atoms with Crippen molar-refractivity contribution in [3.63, 3.8) is 0 Å². The molecule has 2 amide bonds. The zero-order chi connectivity index (χ0) is 8.31. The van der Waals surface area contributed by atoms with Gasteiger partial charge in [-0.3, -0.25) is 9.59 Å². The first-order chi connectivity index (χ1) is 4.46. The Morgan fingerprint density at radius 1 is 1.40 bits per heavy atom. The van der Waals surface area contributed by atoms with Gasteiger partial charge in [-0.1, -0.05) is 6.58 Å². The van der Waals surface area contributed by atoms with E-state index in [-0.39, 0.29) is 5.57 Å². The highest BCUT2D eigenvalue weighted by atomic mass is 16.2. The fourth-order valence-corrected chi connectivity index (χ4v) is 0.385. The van der Waals surface area contributed by atoms with Crippen LogP contribution in [0.3, 0.4) is 0 Å². The highest BCUT2D eigenvalue weighted by Gasteiger charge is 2.16. The summed E-state index contributed by atoms with van der Waals surface area (Å²) in [5.74, 6) is -1.95. The monoisotopic (exact) mass is 142 g/mol. The topological polar surface area (TPSA) is 86.2 Å². The van der Waals surface area contributed by atoms with Crippen molar-refractivity contribution in [3.8, 4) is 0 Å². The van der Waals surface area contributed by atoms with Crippen LogP contribution in [0.2, 0.25) is 0 Å². The minimum absolute atomic E-state index is 0.0486. The first-order valence-corrected chi connectivity index (χ1v) is 2.74. The predicted molar refractivity (Wildman–Crippen MR) is 36.7 cm³/mol. The third-order valence-corrected chi connectivity index (χ3v) is 1.27. The fraction of sp³-hybridized carbons (Fsp3) is 0.333. The summed E-state index contributed by atoms with van der Waals surface area (Å²) in [4.78, 5) is 20.8. The zero-order valence-corrected chi connectivity index (χ0v) is 5.76. The summed E-state index contributed by atoms with van der Waals surface area (Å²) in [6.45, 7) is 4.78. The molecule has 0 aliphatic heterocycles. The van der Waals surface area contributed by atoms with Crippen LogP contribution in [0.4, 0.5) is 0 Å². The van der Waals surface area contributed by atoms with Crippen LogP contribution >= 0.6 is 0 Å². The van der Waals surface area contributed by atoms with Gasteiger partial charge in [0.25, 0.3) is 0 Å². The second kappa shape index (κ2) is 3.00. The van der Waals surface area contributed by atoms with Crippen LogP contribution in [0.5, 0.6) is 0 Å². The Kier molecular flexibility index (Phi) is 2.61. The maximum atomic E-state index is 10.4. The molecule has 0 aliphatic carbocycles. The number of nitrogens with two attached hydrogens (primary N) is 2. The SMILES string of the molecule is C=C(C(N)=O)C(C)C(N)=O. The Labute approximate surface area is 58.9 Å². The van der Waals surface area contributed by atoms with E-state index in [1.165, 1.54) is 6.92 Å². The van der Waals surface area contributed by atoms with E-state index < -0.39 is 17.7 Å². The molecule has 0 spiro atoms. The summed E-state index contributed by atoms with van der Waals surface area (Å²) in [5, 5.41) is 0. The molecule has 4 nitrogen and oxygen atoms in total. The summed E-state index contributed by atoms with van der Waals surface area (Å²) in [5.41, 5.74) is 9.74. The molecule has 0 saturated carbocycles. The van der Waals surface area contributed by atoms with Crippen LogP contribution < -0.4 is 11.5 Å². The number of carbonyl (C=O) groups is 2. The van der Waals surface area contributed by atoms with Crippen LogP contribution in [0, 0.1) is 5.92 Å². The third kappa shape index (κ3) is 1.89. The van der Waals surface area contributed by atoms with Gasteiger partial charge in [0.1, 0.15) is 0 Å². The van der Waals surface area contributed by atoms with Crippen molar-refractivity contribution >= 4 is 11.8 Å². The van der Waals surface area contributed by atoms with Gasteiger partial charge in [0.15, 0.2) is 0 Å². The largest absolute Gasteiger partial charge is 0.369 e. The summed E-state index contributed by atoms with van der Waals surface area (Å²) < 4.78 is 0. The van der Waals surface area contributed by atoms with E-state index in [4.69, 9.17) is 11.5 Å². The summed E-state index contributed by atoms with van der Waals surface area (Å²) >= 11 is 0. The molecule has 0 saturated heterocycles. The van der Waals surface area contributed by atoms with E-state index in [0.29, 0.717) is 0 Å². The highest BCUT2D eigenvalue weighted by Crippen LogP contribution is 2.05. The standard InChI is InChI=1S/C6H10N2O2/c1-3(5(7)9)4(2)6(8)10/h4H,1H2,2H3,(H2,7,9)(H2,8,10). The molecular formula is C6H10N2O2. The smallest absolute Gasteiger partial charge is 0.244 e. The molecule has 0 bridgehead atoms. The lowest BCUT2D eigenvalue weighted by Gasteiger charge is -2.05. The maximum Gasteiger partial charge on any atom is 0.244 e. The average molecular weight is 142 g/mol. The number of amides is 2. The number of carbonyl (C=O) groups excluding carboxylic acids is 2. The lowest BCUT2D eigenvalue weighted by Crippen LogP contribution is -2.28. The van der Waals surface area contributed by atoms with E-state index in [1.54, 1.807) is 0 Å². The van der Waals surface area contributed by atoms with Crippen LogP contribution in [0.15, 0.2) is 12.2 Å². The van der Waals surface area contributed by atoms with E-state index in [0.717, 1.165) is 0 Å². The Morgan fingerprint density at radius 3 is 1.90 bits per heavy atom. The molecule has 4 heteroatoms. The minimum Gasteiger partial charge on any atom is -0.369 e. The molecule has 0 aromatic rings. The molecule has 1 unspecified atom stereocenters. The van der Waals surface area contributed by atoms with E-state index in [1.807, 2.05) is 0 Å². The molecule has 0 rings (SSSR count). The second-order valence-electron chi connectivity index (χ2n) is 2.01.